The van der Waals surface area contributed by atoms with Gasteiger partial charge in [-0.2, -0.15) is 0 Å². The summed E-state index contributed by atoms with van der Waals surface area (Å²) >= 11 is 0. The first-order chi connectivity index (χ1) is 20.8. The zero-order chi connectivity index (χ0) is 33.1. The maximum Gasteiger partial charge on any atom is 0.236 e. The molecule has 10 heteroatoms. The molecule has 1 aliphatic carbocycles. The second-order valence-corrected chi connectivity index (χ2v) is 11.7. The Labute approximate surface area is 264 Å². The Bertz CT molecular complexity index is 1070. The molecule has 1 aliphatic rings. The van der Waals surface area contributed by atoms with E-state index in [0.717, 1.165) is 51.0 Å². The number of allylic oxidation sites excluding steroid dienone is 3. The molecule has 1 aromatic rings. The number of nitrogens with zero attached hydrogens (tertiary/aromatic N) is 2. The van der Waals surface area contributed by atoms with E-state index < -0.39 is 17.4 Å². The van der Waals surface area contributed by atoms with E-state index in [1.807, 2.05) is 6.92 Å². The summed E-state index contributed by atoms with van der Waals surface area (Å²) in [5.41, 5.74) is 0.505. The van der Waals surface area contributed by atoms with Crippen LogP contribution >= 0.6 is 0 Å². The predicted molar refractivity (Wildman–Crippen MR) is 174 cm³/mol. The van der Waals surface area contributed by atoms with Gasteiger partial charge in [0.05, 0.1) is 26.3 Å². The van der Waals surface area contributed by atoms with Crippen LogP contribution in [-0.2, 0) is 20.7 Å². The number of carbonyl (C=O) groups is 2. The van der Waals surface area contributed by atoms with Crippen LogP contribution in [0, 0.1) is 12.8 Å². The third-order valence-electron chi connectivity index (χ3n) is 7.15. The van der Waals surface area contributed by atoms with E-state index in [1.54, 1.807) is 33.1 Å². The molecule has 0 saturated heterocycles. The number of alkyl halides is 1. The van der Waals surface area contributed by atoms with Crippen LogP contribution in [0.3, 0.4) is 0 Å². The standard InChI is InChI=1S/C17H28F2N2O2.C17H28N2O2/c1-5-6-11-23-16-15(18)13(7-9-17(16,2)19)8-10-20-12-14(22)21(3)4;1-5-6-11-21-16-12-15(8-7-14(16)2)9-10-18-13-17(20)19(3)4/h7,9,13,20H,5-6,8,10-12H2,1-4H3;7-8,12,18H,5-6,9-11,13H2,1-4H3. The number of carbonyl (C=O) groups excluding carboxylic acids is 2. The second kappa shape index (κ2) is 20.9. The summed E-state index contributed by atoms with van der Waals surface area (Å²) in [5, 5.41) is 6.14. The van der Waals surface area contributed by atoms with Gasteiger partial charge < -0.3 is 29.9 Å². The molecule has 2 rings (SSSR count). The number of hydrogen-bond acceptors (Lipinski definition) is 6. The number of nitrogens with one attached hydrogen (secondary N) is 2. The Hall–Kier alpha value is -2.98. The number of rotatable bonds is 18. The van der Waals surface area contributed by atoms with Crippen molar-refractivity contribution >= 4 is 11.8 Å². The number of unbranched alkanes of at least 4 members (excludes halogenated alkanes) is 2. The molecular weight excluding hydrogens is 566 g/mol. The molecule has 2 atom stereocenters. The lowest BCUT2D eigenvalue weighted by Crippen LogP contribution is -2.34. The normalized spacial score (nSPS) is 17.5. The van der Waals surface area contributed by atoms with Crippen molar-refractivity contribution < 1.29 is 27.8 Å². The minimum Gasteiger partial charge on any atom is -0.493 e. The summed E-state index contributed by atoms with van der Waals surface area (Å²) in [4.78, 5) is 26.0. The van der Waals surface area contributed by atoms with Crippen LogP contribution in [0.2, 0.25) is 0 Å². The van der Waals surface area contributed by atoms with Gasteiger partial charge in [-0.05, 0) is 75.9 Å². The van der Waals surface area contributed by atoms with Gasteiger partial charge in [0.25, 0.3) is 0 Å². The fourth-order valence-electron chi connectivity index (χ4n) is 4.09. The van der Waals surface area contributed by atoms with Gasteiger partial charge in [0, 0.05) is 34.1 Å². The Balaban J connectivity index is 0.000000442. The van der Waals surface area contributed by atoms with Crippen molar-refractivity contribution in [3.8, 4) is 5.75 Å². The highest BCUT2D eigenvalue weighted by Crippen LogP contribution is 2.37. The predicted octanol–water partition coefficient (Wildman–Crippen LogP) is 5.36. The molecule has 0 saturated carbocycles. The molecular formula is C34H56F2N4O4. The Morgan fingerprint density at radius 1 is 0.932 bits per heavy atom. The van der Waals surface area contributed by atoms with E-state index in [9.17, 15) is 18.4 Å². The highest BCUT2D eigenvalue weighted by atomic mass is 19.1. The molecule has 44 heavy (non-hydrogen) atoms. The van der Waals surface area contributed by atoms with Crippen LogP contribution in [0.15, 0.2) is 41.9 Å². The summed E-state index contributed by atoms with van der Waals surface area (Å²) in [7, 11) is 6.89. The average molecular weight is 623 g/mol. The maximum absolute atomic E-state index is 14.5. The quantitative estimate of drug-likeness (QED) is 0.170. The lowest BCUT2D eigenvalue weighted by atomic mass is 9.90. The van der Waals surface area contributed by atoms with Crippen molar-refractivity contribution in [2.75, 3.05) is 67.6 Å². The van der Waals surface area contributed by atoms with E-state index in [1.165, 1.54) is 35.1 Å². The average Bonchev–Trinajstić information content (AvgIpc) is 2.97. The van der Waals surface area contributed by atoms with Gasteiger partial charge in [-0.1, -0.05) is 44.9 Å². The van der Waals surface area contributed by atoms with E-state index in [2.05, 4.69) is 42.7 Å². The van der Waals surface area contributed by atoms with Crippen LogP contribution < -0.4 is 15.4 Å². The topological polar surface area (TPSA) is 83.1 Å². The number of aryl methyl sites for hydroxylation is 1. The molecule has 0 bridgehead atoms. The molecule has 2 N–H and O–H groups in total. The molecule has 0 aliphatic heterocycles. The first-order valence-corrected chi connectivity index (χ1v) is 15.8. The Morgan fingerprint density at radius 2 is 1.50 bits per heavy atom. The summed E-state index contributed by atoms with van der Waals surface area (Å²) in [6, 6.07) is 6.33. The lowest BCUT2D eigenvalue weighted by molar-refractivity contribution is -0.128. The monoisotopic (exact) mass is 622 g/mol. The van der Waals surface area contributed by atoms with Crippen molar-refractivity contribution in [3.63, 3.8) is 0 Å². The molecule has 0 heterocycles. The van der Waals surface area contributed by atoms with Crippen molar-refractivity contribution in [2.24, 2.45) is 5.92 Å². The summed E-state index contributed by atoms with van der Waals surface area (Å²) in [6.07, 6.45) is 8.12. The molecule has 0 radical (unpaired) electrons. The van der Waals surface area contributed by atoms with Gasteiger partial charge >= 0.3 is 0 Å². The summed E-state index contributed by atoms with van der Waals surface area (Å²) in [5.74, 6) is -0.234. The minimum atomic E-state index is -1.90. The number of halogens is 2. The van der Waals surface area contributed by atoms with Crippen molar-refractivity contribution in [2.45, 2.75) is 71.9 Å². The molecule has 2 unspecified atom stereocenters. The fourth-order valence-corrected chi connectivity index (χ4v) is 4.09. The van der Waals surface area contributed by atoms with Crippen molar-refractivity contribution in [1.82, 2.24) is 20.4 Å². The summed E-state index contributed by atoms with van der Waals surface area (Å²) in [6.45, 7) is 10.5. The van der Waals surface area contributed by atoms with Gasteiger partial charge in [-0.15, -0.1) is 0 Å². The number of benzene rings is 1. The third kappa shape index (κ3) is 14.7. The van der Waals surface area contributed by atoms with E-state index >= 15 is 0 Å². The van der Waals surface area contributed by atoms with Crippen LogP contribution in [0.4, 0.5) is 8.78 Å². The van der Waals surface area contributed by atoms with Gasteiger partial charge in [-0.25, -0.2) is 8.78 Å². The highest BCUT2D eigenvalue weighted by molar-refractivity contribution is 5.77. The zero-order valence-corrected chi connectivity index (χ0v) is 28.2. The first-order valence-electron chi connectivity index (χ1n) is 15.8. The van der Waals surface area contributed by atoms with Crippen LogP contribution in [0.25, 0.3) is 0 Å². The molecule has 8 nitrogen and oxygen atoms in total. The van der Waals surface area contributed by atoms with Gasteiger partial charge in [0.2, 0.25) is 11.8 Å². The number of ether oxygens (including phenoxy) is 2. The van der Waals surface area contributed by atoms with Gasteiger partial charge in [0.15, 0.2) is 11.4 Å². The Kier molecular flexibility index (Phi) is 18.5. The zero-order valence-electron chi connectivity index (χ0n) is 28.2. The molecule has 2 amide bonds. The molecule has 0 aromatic heterocycles. The lowest BCUT2D eigenvalue weighted by Gasteiger charge is -2.28. The maximum atomic E-state index is 14.5. The van der Waals surface area contributed by atoms with E-state index in [-0.39, 0.29) is 24.1 Å². The molecule has 250 valence electrons. The number of amides is 2. The van der Waals surface area contributed by atoms with E-state index in [4.69, 9.17) is 9.47 Å². The molecule has 1 aromatic carbocycles. The van der Waals surface area contributed by atoms with Crippen LogP contribution in [0.1, 0.15) is 64.0 Å². The SMILES string of the molecule is CCCCOC1=C(F)C(CCNCC(=O)N(C)C)C=CC1(C)F.CCCCOc1cc(CCNCC(=O)N(C)C)ccc1C. The van der Waals surface area contributed by atoms with Gasteiger partial charge in [0.1, 0.15) is 11.6 Å². The first kappa shape index (κ1) is 39.0. The third-order valence-corrected chi connectivity index (χ3v) is 7.15. The van der Waals surface area contributed by atoms with Crippen LogP contribution in [0.5, 0.6) is 5.75 Å². The highest BCUT2D eigenvalue weighted by Gasteiger charge is 2.37. The van der Waals surface area contributed by atoms with Crippen molar-refractivity contribution in [1.29, 1.82) is 0 Å². The summed E-state index contributed by atoms with van der Waals surface area (Å²) < 4.78 is 40.1. The second-order valence-electron chi connectivity index (χ2n) is 11.7. The molecule has 0 fully saturated rings. The largest absolute Gasteiger partial charge is 0.493 e. The Morgan fingerprint density at radius 3 is 2.07 bits per heavy atom. The smallest absolute Gasteiger partial charge is 0.236 e. The molecule has 0 spiro atoms. The number of hydrogen-bond donors (Lipinski definition) is 2. The van der Waals surface area contributed by atoms with Crippen molar-refractivity contribution in [3.05, 3.63) is 53.1 Å². The van der Waals surface area contributed by atoms with E-state index in [0.29, 0.717) is 26.1 Å². The van der Waals surface area contributed by atoms with Crippen LogP contribution in [-0.4, -0.2) is 94.9 Å². The number of likely N-dealkylation sites (N-methyl/N-ethyl adjacent to an activating group) is 2. The fraction of sp³-hybridized carbons (Fsp3) is 0.647. The minimum absolute atomic E-state index is 0.0416. The van der Waals surface area contributed by atoms with Gasteiger partial charge in [-0.3, -0.25) is 9.59 Å².